The minimum Gasteiger partial charge on any atom is -0.493 e. The number of rotatable bonds is 19. The number of carbonyl (C=O) groups excluding carboxylic acids is 1. The number of hydrogen-bond donors (Lipinski definition) is 0. The summed E-state index contributed by atoms with van der Waals surface area (Å²) in [6.45, 7) is 3.83. The average molecular weight is 514 g/mol. The van der Waals surface area contributed by atoms with Crippen molar-refractivity contribution in [2.45, 2.75) is 84.2 Å². The summed E-state index contributed by atoms with van der Waals surface area (Å²) >= 11 is 0. The fourth-order valence-electron chi connectivity index (χ4n) is 3.61. The second-order valence-corrected chi connectivity index (χ2v) is 8.64. The zero-order chi connectivity index (χ0) is 27.3. The number of esters is 1. The number of carbonyl (C=O) groups is 1. The third kappa shape index (κ3) is 13.5. The van der Waals surface area contributed by atoms with Crippen molar-refractivity contribution in [1.29, 1.82) is 0 Å². The monoisotopic (exact) mass is 513 g/mol. The number of methoxy groups -OCH3 is 2. The number of unbranched alkanes of at least 4 members (excludes halogenated alkanes) is 4. The van der Waals surface area contributed by atoms with Gasteiger partial charge in [0.25, 0.3) is 5.69 Å². The zero-order valence-corrected chi connectivity index (χ0v) is 22.8. The fourth-order valence-corrected chi connectivity index (χ4v) is 3.61. The fraction of sp³-hybridized carbons (Fsp3) is 0.500. The van der Waals surface area contributed by atoms with E-state index in [-0.39, 0.29) is 23.4 Å². The van der Waals surface area contributed by atoms with E-state index in [0.717, 1.165) is 25.7 Å². The van der Waals surface area contributed by atoms with Crippen LogP contribution < -0.4 is 9.47 Å². The van der Waals surface area contributed by atoms with Crippen LogP contribution in [0.5, 0.6) is 11.5 Å². The van der Waals surface area contributed by atoms with Crippen molar-refractivity contribution in [3.05, 3.63) is 76.4 Å². The third-order valence-corrected chi connectivity index (χ3v) is 5.68. The molecule has 0 aliphatic heterocycles. The summed E-state index contributed by atoms with van der Waals surface area (Å²) in [4.78, 5) is 23.2. The second kappa shape index (κ2) is 19.8. The summed E-state index contributed by atoms with van der Waals surface area (Å²) in [6, 6.07) is 2.76. The van der Waals surface area contributed by atoms with Crippen LogP contribution >= 0.6 is 0 Å². The van der Waals surface area contributed by atoms with Gasteiger partial charge in [-0.3, -0.25) is 14.9 Å². The van der Waals surface area contributed by atoms with Crippen molar-refractivity contribution in [2.75, 3.05) is 14.2 Å². The predicted octanol–water partition coefficient (Wildman–Crippen LogP) is 8.36. The van der Waals surface area contributed by atoms with Gasteiger partial charge in [-0.1, -0.05) is 68.4 Å². The van der Waals surface area contributed by atoms with Crippen LogP contribution in [-0.2, 0) is 9.53 Å². The van der Waals surface area contributed by atoms with Crippen molar-refractivity contribution in [3.63, 3.8) is 0 Å². The van der Waals surface area contributed by atoms with E-state index in [1.54, 1.807) is 6.92 Å². The summed E-state index contributed by atoms with van der Waals surface area (Å²) < 4.78 is 15.8. The summed E-state index contributed by atoms with van der Waals surface area (Å²) in [5.41, 5.74) is 0.0791. The Kier molecular flexibility index (Phi) is 16.9. The number of benzene rings is 1. The Morgan fingerprint density at radius 1 is 0.865 bits per heavy atom. The average Bonchev–Trinajstić information content (AvgIpc) is 2.89. The number of nitro groups is 1. The first kappa shape index (κ1) is 31.7. The number of allylic oxidation sites excluding steroid dienone is 8. The van der Waals surface area contributed by atoms with Gasteiger partial charge in [-0.15, -0.1) is 0 Å². The third-order valence-electron chi connectivity index (χ3n) is 5.68. The van der Waals surface area contributed by atoms with Crippen LogP contribution in [-0.4, -0.2) is 25.1 Å². The Hall–Kier alpha value is -3.35. The van der Waals surface area contributed by atoms with Crippen LogP contribution in [0, 0.1) is 10.1 Å². The molecule has 0 heterocycles. The number of nitro benzene ring substituents is 1. The lowest BCUT2D eigenvalue weighted by molar-refractivity contribution is -0.386. The number of hydrogen-bond acceptors (Lipinski definition) is 6. The molecule has 1 aromatic rings. The highest BCUT2D eigenvalue weighted by Crippen LogP contribution is 2.38. The number of ether oxygens (including phenoxy) is 3. The van der Waals surface area contributed by atoms with Crippen LogP contribution in [0.4, 0.5) is 5.69 Å². The molecule has 0 aliphatic rings. The smallest absolute Gasteiger partial charge is 0.306 e. The summed E-state index contributed by atoms with van der Waals surface area (Å²) in [5, 5.41) is 11.5. The molecule has 0 fully saturated rings. The van der Waals surface area contributed by atoms with Gasteiger partial charge in [-0.25, -0.2) is 0 Å². The molecule has 0 aromatic heterocycles. The zero-order valence-electron chi connectivity index (χ0n) is 22.8. The maximum absolute atomic E-state index is 12.3. The van der Waals surface area contributed by atoms with Crippen LogP contribution in [0.15, 0.2) is 60.7 Å². The molecule has 0 radical (unpaired) electrons. The molecular weight excluding hydrogens is 470 g/mol. The highest BCUT2D eigenvalue weighted by molar-refractivity contribution is 5.70. The lowest BCUT2D eigenvalue weighted by Crippen LogP contribution is -2.11. The highest BCUT2D eigenvalue weighted by Gasteiger charge is 2.25. The summed E-state index contributed by atoms with van der Waals surface area (Å²) in [5.74, 6) is 0.189. The Morgan fingerprint density at radius 3 is 1.89 bits per heavy atom. The Bertz CT molecular complexity index is 932. The molecule has 0 N–H and O–H groups in total. The molecule has 7 nitrogen and oxygen atoms in total. The minimum absolute atomic E-state index is 0.181. The maximum Gasteiger partial charge on any atom is 0.306 e. The van der Waals surface area contributed by atoms with Crippen molar-refractivity contribution in [2.24, 2.45) is 0 Å². The van der Waals surface area contributed by atoms with Gasteiger partial charge in [0.2, 0.25) is 0 Å². The van der Waals surface area contributed by atoms with Gasteiger partial charge < -0.3 is 14.2 Å². The standard InChI is InChI=1S/C30H43NO6/c1-5-6-7-8-9-10-11-12-13-14-15-16-17-18-19-20-21-22-30(32)37-25(2)26-23-28(35-3)29(36-4)24-27(26)31(33)34/h9-10,12-13,15-16,18-19,23-25H,5-8,11,14,17,20-22H2,1-4H3/b10-9+,13-12+,16-15-,19-18-/t25-/m1/s1. The SMILES string of the molecule is CCCCC/C=C/C/C=C/C/C=C\C/C=C\CCCC(=O)O[C@H](C)c1cc(OC)c(OC)cc1[N+](=O)[O-]. The maximum atomic E-state index is 12.3. The minimum atomic E-state index is -0.788. The molecule has 0 spiro atoms. The summed E-state index contributed by atoms with van der Waals surface area (Å²) in [7, 11) is 2.85. The Morgan fingerprint density at radius 2 is 1.38 bits per heavy atom. The largest absolute Gasteiger partial charge is 0.493 e. The molecule has 37 heavy (non-hydrogen) atoms. The van der Waals surface area contributed by atoms with Crippen molar-refractivity contribution in [3.8, 4) is 11.5 Å². The molecule has 1 rings (SSSR count). The quantitative estimate of drug-likeness (QED) is 0.0607. The van der Waals surface area contributed by atoms with Crippen LogP contribution in [0.1, 0.15) is 89.7 Å². The van der Waals surface area contributed by atoms with Crippen molar-refractivity contribution >= 4 is 11.7 Å². The van der Waals surface area contributed by atoms with E-state index < -0.39 is 17.0 Å². The van der Waals surface area contributed by atoms with E-state index in [4.69, 9.17) is 14.2 Å². The van der Waals surface area contributed by atoms with Gasteiger partial charge in [0, 0.05) is 6.42 Å². The van der Waals surface area contributed by atoms with E-state index in [1.807, 2.05) is 0 Å². The first-order chi connectivity index (χ1) is 17.9. The molecule has 0 saturated carbocycles. The highest BCUT2D eigenvalue weighted by atomic mass is 16.6. The molecule has 7 heteroatoms. The van der Waals surface area contributed by atoms with E-state index in [2.05, 4.69) is 55.5 Å². The molecule has 1 aromatic carbocycles. The lowest BCUT2D eigenvalue weighted by Gasteiger charge is -2.16. The number of nitrogens with zero attached hydrogens (tertiary/aromatic N) is 1. The normalized spacial score (nSPS) is 12.6. The van der Waals surface area contributed by atoms with Crippen LogP contribution in [0.25, 0.3) is 0 Å². The lowest BCUT2D eigenvalue weighted by atomic mass is 10.1. The molecule has 204 valence electrons. The summed E-state index contributed by atoms with van der Waals surface area (Å²) in [6.07, 6.45) is 26.0. The van der Waals surface area contributed by atoms with Crippen LogP contribution in [0.3, 0.4) is 0 Å². The van der Waals surface area contributed by atoms with Gasteiger partial charge in [-0.05, 0) is 57.9 Å². The van der Waals surface area contributed by atoms with Crippen molar-refractivity contribution < 1.29 is 23.9 Å². The van der Waals surface area contributed by atoms with Crippen LogP contribution in [0.2, 0.25) is 0 Å². The van der Waals surface area contributed by atoms with Gasteiger partial charge in [0.05, 0.1) is 30.8 Å². The first-order valence-electron chi connectivity index (χ1n) is 13.1. The molecule has 1 atom stereocenters. The molecular formula is C30H43NO6. The first-order valence-corrected chi connectivity index (χ1v) is 13.1. The van der Waals surface area contributed by atoms with E-state index in [1.165, 1.54) is 52.0 Å². The van der Waals surface area contributed by atoms with E-state index in [9.17, 15) is 14.9 Å². The molecule has 0 unspecified atom stereocenters. The molecule has 0 bridgehead atoms. The topological polar surface area (TPSA) is 87.9 Å². The predicted molar refractivity (Wildman–Crippen MR) is 149 cm³/mol. The molecule has 0 saturated heterocycles. The Balaban J connectivity index is 2.30. The van der Waals surface area contributed by atoms with E-state index in [0.29, 0.717) is 12.2 Å². The van der Waals surface area contributed by atoms with Gasteiger partial charge in [0.15, 0.2) is 11.5 Å². The van der Waals surface area contributed by atoms with Gasteiger partial charge in [-0.2, -0.15) is 0 Å². The molecule has 0 amide bonds. The van der Waals surface area contributed by atoms with Gasteiger partial charge >= 0.3 is 5.97 Å². The Labute approximate surface area is 222 Å². The van der Waals surface area contributed by atoms with Gasteiger partial charge in [0.1, 0.15) is 6.10 Å². The van der Waals surface area contributed by atoms with Crippen molar-refractivity contribution in [1.82, 2.24) is 0 Å². The second-order valence-electron chi connectivity index (χ2n) is 8.64. The molecule has 0 aliphatic carbocycles. The van der Waals surface area contributed by atoms with E-state index >= 15 is 0 Å².